The zero-order valence-electron chi connectivity index (χ0n) is 10.9. The van der Waals surface area contributed by atoms with Crippen molar-refractivity contribution in [2.24, 2.45) is 0 Å². The minimum atomic E-state index is 0.277. The summed E-state index contributed by atoms with van der Waals surface area (Å²) in [6, 6.07) is 6.12. The van der Waals surface area contributed by atoms with E-state index in [0.29, 0.717) is 18.4 Å². The predicted octanol–water partition coefficient (Wildman–Crippen LogP) is 0.971. The first-order valence-electron chi connectivity index (χ1n) is 5.93. The minimum absolute atomic E-state index is 0.277. The van der Waals surface area contributed by atoms with Crippen molar-refractivity contribution in [1.29, 1.82) is 0 Å². The molecule has 0 amide bonds. The zero-order chi connectivity index (χ0) is 13.5. The molecular formula is C12H16N6O. The van der Waals surface area contributed by atoms with E-state index >= 15 is 0 Å². The molecule has 0 radical (unpaired) electrons. The Balaban J connectivity index is 1.95. The third-order valence-corrected chi connectivity index (χ3v) is 2.41. The quantitative estimate of drug-likeness (QED) is 0.800. The predicted molar refractivity (Wildman–Crippen MR) is 72.4 cm³/mol. The van der Waals surface area contributed by atoms with Crippen molar-refractivity contribution in [1.82, 2.24) is 19.9 Å². The van der Waals surface area contributed by atoms with Crippen molar-refractivity contribution in [3.05, 3.63) is 30.1 Å². The Morgan fingerprint density at radius 3 is 2.68 bits per heavy atom. The summed E-state index contributed by atoms with van der Waals surface area (Å²) >= 11 is 0. The molecule has 2 N–H and O–H groups in total. The van der Waals surface area contributed by atoms with Crippen molar-refractivity contribution < 1.29 is 4.74 Å². The van der Waals surface area contributed by atoms with Gasteiger partial charge in [-0.2, -0.15) is 15.0 Å². The molecule has 2 aromatic rings. The number of hydrogen-bond acceptors (Lipinski definition) is 7. The van der Waals surface area contributed by atoms with Crippen LogP contribution in [0, 0.1) is 0 Å². The van der Waals surface area contributed by atoms with E-state index in [4.69, 9.17) is 4.74 Å². The number of ether oxygens (including phenoxy) is 1. The van der Waals surface area contributed by atoms with Crippen molar-refractivity contribution in [2.45, 2.75) is 6.42 Å². The number of pyridine rings is 1. The van der Waals surface area contributed by atoms with E-state index in [9.17, 15) is 0 Å². The van der Waals surface area contributed by atoms with Gasteiger partial charge in [0.25, 0.3) is 0 Å². The lowest BCUT2D eigenvalue weighted by molar-refractivity contribution is 0.379. The van der Waals surface area contributed by atoms with Gasteiger partial charge in [-0.15, -0.1) is 0 Å². The van der Waals surface area contributed by atoms with Crippen molar-refractivity contribution in [3.8, 4) is 6.01 Å². The van der Waals surface area contributed by atoms with Gasteiger partial charge in [0.2, 0.25) is 11.9 Å². The largest absolute Gasteiger partial charge is 0.467 e. The first-order chi connectivity index (χ1) is 9.31. The summed E-state index contributed by atoms with van der Waals surface area (Å²) in [5.74, 6) is 0.944. The molecule has 0 saturated carbocycles. The van der Waals surface area contributed by atoms with Crippen LogP contribution < -0.4 is 15.4 Å². The fourth-order valence-electron chi connectivity index (χ4n) is 1.49. The Labute approximate surface area is 111 Å². The number of hydrogen-bond donors (Lipinski definition) is 2. The van der Waals surface area contributed by atoms with Gasteiger partial charge in [-0.1, -0.05) is 6.07 Å². The summed E-state index contributed by atoms with van der Waals surface area (Å²) in [6.45, 7) is 0.688. The highest BCUT2D eigenvalue weighted by atomic mass is 16.5. The molecule has 7 heteroatoms. The van der Waals surface area contributed by atoms with E-state index in [1.165, 1.54) is 7.11 Å². The topological polar surface area (TPSA) is 84.9 Å². The van der Waals surface area contributed by atoms with Crippen LogP contribution in [0.1, 0.15) is 5.69 Å². The molecule has 0 saturated heterocycles. The molecular weight excluding hydrogens is 244 g/mol. The Hall–Kier alpha value is -2.44. The van der Waals surface area contributed by atoms with Gasteiger partial charge in [-0.05, 0) is 12.1 Å². The normalized spacial score (nSPS) is 10.0. The average Bonchev–Trinajstić information content (AvgIpc) is 2.48. The SMILES string of the molecule is CNc1nc(NCCc2ccccn2)nc(OC)n1. The van der Waals surface area contributed by atoms with Gasteiger partial charge < -0.3 is 15.4 Å². The van der Waals surface area contributed by atoms with Crippen LogP contribution >= 0.6 is 0 Å². The number of aromatic nitrogens is 4. The van der Waals surface area contributed by atoms with Crippen LogP contribution in [0.5, 0.6) is 6.01 Å². The Morgan fingerprint density at radius 1 is 1.16 bits per heavy atom. The highest BCUT2D eigenvalue weighted by Gasteiger charge is 2.05. The molecule has 0 aliphatic heterocycles. The molecule has 0 aliphatic rings. The molecule has 2 heterocycles. The number of anilines is 2. The maximum Gasteiger partial charge on any atom is 0.322 e. The van der Waals surface area contributed by atoms with Gasteiger partial charge in [0.15, 0.2) is 0 Å². The smallest absolute Gasteiger partial charge is 0.322 e. The van der Waals surface area contributed by atoms with Crippen LogP contribution in [0.2, 0.25) is 0 Å². The van der Waals surface area contributed by atoms with E-state index in [-0.39, 0.29) is 6.01 Å². The van der Waals surface area contributed by atoms with Gasteiger partial charge in [0.1, 0.15) is 0 Å². The van der Waals surface area contributed by atoms with Crippen molar-refractivity contribution >= 4 is 11.9 Å². The molecule has 2 rings (SSSR count). The lowest BCUT2D eigenvalue weighted by Crippen LogP contribution is -2.11. The van der Waals surface area contributed by atoms with Gasteiger partial charge in [-0.3, -0.25) is 4.98 Å². The summed E-state index contributed by atoms with van der Waals surface area (Å²) in [5, 5.41) is 5.98. The lowest BCUT2D eigenvalue weighted by Gasteiger charge is -2.07. The fourth-order valence-corrected chi connectivity index (χ4v) is 1.49. The molecule has 0 aromatic carbocycles. The fraction of sp³-hybridized carbons (Fsp3) is 0.333. The van der Waals surface area contributed by atoms with Gasteiger partial charge >= 0.3 is 6.01 Å². The molecule has 2 aromatic heterocycles. The van der Waals surface area contributed by atoms with Crippen molar-refractivity contribution in [2.75, 3.05) is 31.3 Å². The lowest BCUT2D eigenvalue weighted by atomic mass is 10.3. The van der Waals surface area contributed by atoms with E-state index in [0.717, 1.165) is 12.1 Å². The van der Waals surface area contributed by atoms with Crippen LogP contribution in [0.15, 0.2) is 24.4 Å². The number of methoxy groups -OCH3 is 1. The second-order valence-electron chi connectivity index (χ2n) is 3.72. The second kappa shape index (κ2) is 6.48. The molecule has 19 heavy (non-hydrogen) atoms. The summed E-state index contributed by atoms with van der Waals surface area (Å²) < 4.78 is 5.01. The molecule has 0 spiro atoms. The molecule has 0 bridgehead atoms. The minimum Gasteiger partial charge on any atom is -0.467 e. The Bertz CT molecular complexity index is 497. The van der Waals surface area contributed by atoms with E-state index in [2.05, 4.69) is 30.6 Å². The van der Waals surface area contributed by atoms with Crippen LogP contribution in [0.25, 0.3) is 0 Å². The summed E-state index contributed by atoms with van der Waals surface area (Å²) in [7, 11) is 3.26. The zero-order valence-corrected chi connectivity index (χ0v) is 10.9. The average molecular weight is 260 g/mol. The van der Waals surface area contributed by atoms with Crippen LogP contribution in [0.3, 0.4) is 0 Å². The summed E-state index contributed by atoms with van der Waals surface area (Å²) in [5.41, 5.74) is 1.02. The number of nitrogens with zero attached hydrogens (tertiary/aromatic N) is 4. The standard InChI is InChI=1S/C12H16N6O/c1-13-10-16-11(18-12(17-10)19-2)15-8-6-9-5-3-4-7-14-9/h3-5,7H,6,8H2,1-2H3,(H2,13,15,16,17,18). The third-order valence-electron chi connectivity index (χ3n) is 2.41. The number of nitrogens with one attached hydrogen (secondary N) is 2. The van der Waals surface area contributed by atoms with E-state index < -0.39 is 0 Å². The molecule has 0 atom stereocenters. The molecule has 0 unspecified atom stereocenters. The number of rotatable bonds is 6. The van der Waals surface area contributed by atoms with Crippen LogP contribution in [-0.2, 0) is 6.42 Å². The van der Waals surface area contributed by atoms with Crippen LogP contribution in [0.4, 0.5) is 11.9 Å². The maximum atomic E-state index is 5.01. The second-order valence-corrected chi connectivity index (χ2v) is 3.72. The summed E-state index contributed by atoms with van der Waals surface area (Å²) in [6.07, 6.45) is 2.57. The van der Waals surface area contributed by atoms with Crippen molar-refractivity contribution in [3.63, 3.8) is 0 Å². The molecule has 0 aliphatic carbocycles. The van der Waals surface area contributed by atoms with Crippen LogP contribution in [-0.4, -0.2) is 40.6 Å². The molecule has 100 valence electrons. The Kier molecular flexibility index (Phi) is 4.44. The van der Waals surface area contributed by atoms with Gasteiger partial charge in [-0.25, -0.2) is 0 Å². The Morgan fingerprint density at radius 2 is 2.00 bits per heavy atom. The monoisotopic (exact) mass is 260 g/mol. The van der Waals surface area contributed by atoms with Gasteiger partial charge in [0.05, 0.1) is 7.11 Å². The first kappa shape index (κ1) is 13.0. The first-order valence-corrected chi connectivity index (χ1v) is 5.93. The molecule has 7 nitrogen and oxygen atoms in total. The van der Waals surface area contributed by atoms with E-state index in [1.807, 2.05) is 18.2 Å². The highest BCUT2D eigenvalue weighted by molar-refractivity contribution is 5.35. The maximum absolute atomic E-state index is 5.01. The van der Waals surface area contributed by atoms with Gasteiger partial charge in [0, 0.05) is 31.9 Å². The highest BCUT2D eigenvalue weighted by Crippen LogP contribution is 2.10. The summed E-state index contributed by atoms with van der Waals surface area (Å²) in [4.78, 5) is 16.6. The molecule has 0 fully saturated rings. The third kappa shape index (κ3) is 3.77. The van der Waals surface area contributed by atoms with E-state index in [1.54, 1.807) is 13.2 Å².